The summed E-state index contributed by atoms with van der Waals surface area (Å²) >= 11 is 0. The molecule has 0 aromatic heterocycles. The van der Waals surface area contributed by atoms with Crippen LogP contribution in [0.5, 0.6) is 0 Å². The van der Waals surface area contributed by atoms with E-state index in [9.17, 15) is 9.90 Å². The lowest BCUT2D eigenvalue weighted by Crippen LogP contribution is -2.42. The number of amides is 1. The molecule has 0 aromatic rings. The van der Waals surface area contributed by atoms with E-state index in [1.165, 1.54) is 25.7 Å². The average molecular weight is 200 g/mol. The minimum Gasteiger partial charge on any atom is -0.382 e. The number of aliphatic hydroxyl groups excluding tert-OH is 1. The molecule has 0 radical (unpaired) electrons. The van der Waals surface area contributed by atoms with Crippen molar-refractivity contribution in [3.8, 4) is 0 Å². The first-order chi connectivity index (χ1) is 6.61. The van der Waals surface area contributed by atoms with Crippen molar-refractivity contribution < 1.29 is 9.90 Å². The first-order valence-corrected chi connectivity index (χ1v) is 5.32. The SMILES string of the molecule is CC(NCC(O)C(N)=O)C1CCCC1. The monoisotopic (exact) mass is 200 g/mol. The van der Waals surface area contributed by atoms with Crippen molar-refractivity contribution in [2.75, 3.05) is 6.54 Å². The van der Waals surface area contributed by atoms with Crippen LogP contribution in [0, 0.1) is 5.92 Å². The van der Waals surface area contributed by atoms with Crippen molar-refractivity contribution in [2.45, 2.75) is 44.8 Å². The third kappa shape index (κ3) is 3.27. The molecule has 0 aromatic carbocycles. The molecule has 1 saturated carbocycles. The molecule has 82 valence electrons. The fourth-order valence-electron chi connectivity index (χ4n) is 2.02. The van der Waals surface area contributed by atoms with E-state index < -0.39 is 12.0 Å². The quantitative estimate of drug-likeness (QED) is 0.585. The summed E-state index contributed by atoms with van der Waals surface area (Å²) in [5, 5.41) is 12.3. The molecule has 2 unspecified atom stereocenters. The highest BCUT2D eigenvalue weighted by molar-refractivity contribution is 5.78. The van der Waals surface area contributed by atoms with Crippen LogP contribution in [0.4, 0.5) is 0 Å². The number of rotatable bonds is 5. The molecule has 0 aliphatic heterocycles. The fourth-order valence-corrected chi connectivity index (χ4v) is 2.02. The number of hydrogen-bond donors (Lipinski definition) is 3. The van der Waals surface area contributed by atoms with Gasteiger partial charge in [-0.05, 0) is 25.7 Å². The molecule has 4 N–H and O–H groups in total. The zero-order chi connectivity index (χ0) is 10.6. The van der Waals surface area contributed by atoms with Gasteiger partial charge in [0, 0.05) is 12.6 Å². The van der Waals surface area contributed by atoms with E-state index in [2.05, 4.69) is 12.2 Å². The summed E-state index contributed by atoms with van der Waals surface area (Å²) in [6.07, 6.45) is 4.05. The second-order valence-electron chi connectivity index (χ2n) is 4.16. The van der Waals surface area contributed by atoms with Crippen LogP contribution < -0.4 is 11.1 Å². The largest absolute Gasteiger partial charge is 0.382 e. The van der Waals surface area contributed by atoms with Crippen LogP contribution in [0.3, 0.4) is 0 Å². The fraction of sp³-hybridized carbons (Fsp3) is 0.900. The molecule has 1 aliphatic rings. The molecule has 2 atom stereocenters. The van der Waals surface area contributed by atoms with Crippen LogP contribution in [-0.2, 0) is 4.79 Å². The van der Waals surface area contributed by atoms with Gasteiger partial charge in [0.05, 0.1) is 0 Å². The van der Waals surface area contributed by atoms with Crippen molar-refractivity contribution in [3.63, 3.8) is 0 Å². The zero-order valence-corrected chi connectivity index (χ0v) is 8.70. The Morgan fingerprint density at radius 2 is 2.14 bits per heavy atom. The minimum atomic E-state index is -1.06. The maximum Gasteiger partial charge on any atom is 0.247 e. The molecule has 0 saturated heterocycles. The van der Waals surface area contributed by atoms with Gasteiger partial charge in [-0.15, -0.1) is 0 Å². The van der Waals surface area contributed by atoms with E-state index in [0.29, 0.717) is 12.0 Å². The lowest BCUT2D eigenvalue weighted by molar-refractivity contribution is -0.125. The third-order valence-corrected chi connectivity index (χ3v) is 3.07. The van der Waals surface area contributed by atoms with Gasteiger partial charge in [-0.3, -0.25) is 4.79 Å². The molecule has 4 nitrogen and oxygen atoms in total. The lowest BCUT2D eigenvalue weighted by Gasteiger charge is -2.21. The van der Waals surface area contributed by atoms with Crippen LogP contribution in [0.1, 0.15) is 32.6 Å². The summed E-state index contributed by atoms with van der Waals surface area (Å²) in [7, 11) is 0. The number of carbonyl (C=O) groups excluding carboxylic acids is 1. The van der Waals surface area contributed by atoms with Gasteiger partial charge in [0.25, 0.3) is 0 Å². The first-order valence-electron chi connectivity index (χ1n) is 5.32. The smallest absolute Gasteiger partial charge is 0.247 e. The van der Waals surface area contributed by atoms with Crippen LogP contribution in [0.15, 0.2) is 0 Å². The third-order valence-electron chi connectivity index (χ3n) is 3.07. The molecule has 1 rings (SSSR count). The van der Waals surface area contributed by atoms with Gasteiger partial charge in [0.1, 0.15) is 6.10 Å². The van der Waals surface area contributed by atoms with Crippen molar-refractivity contribution in [2.24, 2.45) is 11.7 Å². The average Bonchev–Trinajstić information content (AvgIpc) is 2.66. The minimum absolute atomic E-state index is 0.271. The standard InChI is InChI=1S/C10H20N2O2/c1-7(8-4-2-3-5-8)12-6-9(13)10(11)14/h7-9,12-13H,2-6H2,1H3,(H2,11,14). The molecule has 0 bridgehead atoms. The van der Waals surface area contributed by atoms with Crippen LogP contribution in [0.25, 0.3) is 0 Å². The Morgan fingerprint density at radius 3 is 2.64 bits per heavy atom. The Balaban J connectivity index is 2.19. The first kappa shape index (κ1) is 11.5. The highest BCUT2D eigenvalue weighted by Crippen LogP contribution is 2.27. The summed E-state index contributed by atoms with van der Waals surface area (Å²) in [6, 6.07) is 0.367. The van der Waals surface area contributed by atoms with E-state index in [1.807, 2.05) is 0 Å². The van der Waals surface area contributed by atoms with Crippen molar-refractivity contribution in [1.29, 1.82) is 0 Å². The van der Waals surface area contributed by atoms with Crippen LogP contribution >= 0.6 is 0 Å². The molecule has 4 heteroatoms. The number of nitrogens with two attached hydrogens (primary N) is 1. The van der Waals surface area contributed by atoms with Gasteiger partial charge in [0.2, 0.25) is 5.91 Å². The summed E-state index contributed by atoms with van der Waals surface area (Å²) in [4.78, 5) is 10.6. The summed E-state index contributed by atoms with van der Waals surface area (Å²) in [5.41, 5.74) is 4.95. The van der Waals surface area contributed by atoms with Gasteiger partial charge in [-0.2, -0.15) is 0 Å². The van der Waals surface area contributed by atoms with E-state index in [0.717, 1.165) is 0 Å². The van der Waals surface area contributed by atoms with Crippen molar-refractivity contribution in [3.05, 3.63) is 0 Å². The lowest BCUT2D eigenvalue weighted by atomic mass is 10.00. The van der Waals surface area contributed by atoms with Crippen LogP contribution in [-0.4, -0.2) is 29.7 Å². The zero-order valence-electron chi connectivity index (χ0n) is 8.70. The number of aliphatic hydroxyl groups is 1. The highest BCUT2D eigenvalue weighted by atomic mass is 16.3. The number of nitrogens with one attached hydrogen (secondary N) is 1. The molecule has 1 aliphatic carbocycles. The molecular weight excluding hydrogens is 180 g/mol. The molecule has 0 heterocycles. The van der Waals surface area contributed by atoms with E-state index >= 15 is 0 Å². The number of primary amides is 1. The van der Waals surface area contributed by atoms with Gasteiger partial charge >= 0.3 is 0 Å². The van der Waals surface area contributed by atoms with Crippen LogP contribution in [0.2, 0.25) is 0 Å². The van der Waals surface area contributed by atoms with Gasteiger partial charge in [0.15, 0.2) is 0 Å². The Hall–Kier alpha value is -0.610. The van der Waals surface area contributed by atoms with Gasteiger partial charge in [-0.1, -0.05) is 12.8 Å². The summed E-state index contributed by atoms with van der Waals surface area (Å²) < 4.78 is 0. The Kier molecular flexibility index (Phi) is 4.35. The van der Waals surface area contributed by atoms with Crippen molar-refractivity contribution in [1.82, 2.24) is 5.32 Å². The second-order valence-corrected chi connectivity index (χ2v) is 4.16. The van der Waals surface area contributed by atoms with E-state index in [-0.39, 0.29) is 6.54 Å². The predicted octanol–water partition coefficient (Wildman–Crippen LogP) is 0.000900. The Labute approximate surface area is 84.9 Å². The molecule has 0 spiro atoms. The number of carbonyl (C=O) groups is 1. The topological polar surface area (TPSA) is 75.3 Å². The predicted molar refractivity (Wildman–Crippen MR) is 54.6 cm³/mol. The maximum atomic E-state index is 10.6. The van der Waals surface area contributed by atoms with E-state index in [4.69, 9.17) is 5.73 Å². The molecule has 1 fully saturated rings. The van der Waals surface area contributed by atoms with E-state index in [1.54, 1.807) is 0 Å². The molecule has 14 heavy (non-hydrogen) atoms. The highest BCUT2D eigenvalue weighted by Gasteiger charge is 2.22. The maximum absolute atomic E-state index is 10.6. The summed E-state index contributed by atoms with van der Waals surface area (Å²) in [5.74, 6) is 0.0335. The normalized spacial score (nSPS) is 22.1. The van der Waals surface area contributed by atoms with Crippen molar-refractivity contribution >= 4 is 5.91 Å². The second kappa shape index (κ2) is 5.32. The van der Waals surface area contributed by atoms with Gasteiger partial charge < -0.3 is 16.2 Å². The van der Waals surface area contributed by atoms with Gasteiger partial charge in [-0.25, -0.2) is 0 Å². The molecule has 1 amide bonds. The Bertz CT molecular complexity index is 191. The molecular formula is C10H20N2O2. The number of hydrogen-bond acceptors (Lipinski definition) is 3. The Morgan fingerprint density at radius 1 is 1.57 bits per heavy atom. The summed E-state index contributed by atoms with van der Waals surface area (Å²) in [6.45, 7) is 2.37.